The molecule has 0 nitrogen and oxygen atoms in total. The van der Waals surface area contributed by atoms with Gasteiger partial charge in [-0.3, -0.25) is 0 Å². The van der Waals surface area contributed by atoms with Crippen LogP contribution in [-0.2, 0) is 0 Å². The van der Waals surface area contributed by atoms with E-state index in [0.29, 0.717) is 5.92 Å². The number of rotatable bonds is 3. The Labute approximate surface area is 51.9 Å². The van der Waals surface area contributed by atoms with Crippen molar-refractivity contribution < 1.29 is 0 Å². The van der Waals surface area contributed by atoms with Crippen molar-refractivity contribution in [1.29, 1.82) is 0 Å². The maximum absolute atomic E-state index is 3.68. The number of hydrogen-bond donors (Lipinski definition) is 0. The molecule has 0 radical (unpaired) electrons. The third-order valence-corrected chi connectivity index (χ3v) is 1.15. The van der Waals surface area contributed by atoms with Crippen molar-refractivity contribution in [3.63, 3.8) is 0 Å². The Kier molecular flexibility index (Phi) is 4.33. The van der Waals surface area contributed by atoms with E-state index in [-0.39, 0.29) is 0 Å². The summed E-state index contributed by atoms with van der Waals surface area (Å²) in [6.45, 7) is 7.88. The summed E-state index contributed by atoms with van der Waals surface area (Å²) in [6, 6.07) is 0. The molecule has 0 aliphatic carbocycles. The topological polar surface area (TPSA) is 0 Å². The van der Waals surface area contributed by atoms with Crippen LogP contribution < -0.4 is 0 Å². The highest BCUT2D eigenvalue weighted by molar-refractivity contribution is 4.85. The zero-order chi connectivity index (χ0) is 6.41. The van der Waals surface area contributed by atoms with Crippen molar-refractivity contribution >= 4 is 0 Å². The number of hydrogen-bond acceptors (Lipinski definition) is 0. The summed E-state index contributed by atoms with van der Waals surface area (Å²) < 4.78 is 0. The fourth-order valence-electron chi connectivity index (χ4n) is 0.447. The van der Waals surface area contributed by atoms with Gasteiger partial charge in [-0.05, 0) is 19.3 Å². The van der Waals surface area contributed by atoms with Gasteiger partial charge in [0.2, 0.25) is 0 Å². The van der Waals surface area contributed by atoms with E-state index in [1.807, 2.05) is 13.0 Å². The van der Waals surface area contributed by atoms with Crippen LogP contribution in [0, 0.1) is 5.92 Å². The molecule has 0 heteroatoms. The second-order valence-corrected chi connectivity index (χ2v) is 2.02. The van der Waals surface area contributed by atoms with Crippen LogP contribution in [0.4, 0.5) is 0 Å². The lowest BCUT2D eigenvalue weighted by molar-refractivity contribution is 0.746. The van der Waals surface area contributed by atoms with Crippen LogP contribution in [-0.4, -0.2) is 0 Å². The molecule has 0 rings (SSSR count). The van der Waals surface area contributed by atoms with Gasteiger partial charge in [-0.1, -0.05) is 25.2 Å². The molecule has 0 saturated heterocycles. The summed E-state index contributed by atoms with van der Waals surface area (Å²) in [5, 5.41) is 0. The van der Waals surface area contributed by atoms with Gasteiger partial charge in [-0.15, -0.1) is 6.58 Å². The van der Waals surface area contributed by atoms with Gasteiger partial charge in [-0.25, -0.2) is 0 Å². The van der Waals surface area contributed by atoms with E-state index >= 15 is 0 Å². The molecule has 0 aliphatic rings. The Balaban J connectivity index is 3.23. The van der Waals surface area contributed by atoms with Gasteiger partial charge < -0.3 is 0 Å². The monoisotopic (exact) mass is 110 g/mol. The fraction of sp³-hybridized carbons (Fsp3) is 0.500. The van der Waals surface area contributed by atoms with E-state index in [1.54, 1.807) is 0 Å². The van der Waals surface area contributed by atoms with Crippen LogP contribution in [0.3, 0.4) is 0 Å². The zero-order valence-corrected chi connectivity index (χ0v) is 5.72. The minimum Gasteiger partial charge on any atom is -0.103 e. The minimum absolute atomic E-state index is 0.631. The lowest BCUT2D eigenvalue weighted by Gasteiger charge is -1.96. The normalized spacial score (nSPS) is 14.2. The van der Waals surface area contributed by atoms with Crippen LogP contribution >= 0.6 is 0 Å². The van der Waals surface area contributed by atoms with Crippen LogP contribution in [0.5, 0.6) is 0 Å². The molecular formula is C8H14. The van der Waals surface area contributed by atoms with Gasteiger partial charge in [-0.2, -0.15) is 0 Å². The first-order valence-electron chi connectivity index (χ1n) is 3.05. The highest BCUT2D eigenvalue weighted by atomic mass is 13.9. The predicted octanol–water partition coefficient (Wildman–Crippen LogP) is 2.77. The highest BCUT2D eigenvalue weighted by Gasteiger charge is 1.87. The first kappa shape index (κ1) is 7.48. The standard InChI is InChI=1S/C8H14/c1-4-6-7-8(3)5-2/h4-6,8H,2,7H2,1,3H3/b6-4+/t8-/m1/s1. The summed E-state index contributed by atoms with van der Waals surface area (Å²) in [5.74, 6) is 0.631. The molecule has 1 atom stereocenters. The van der Waals surface area contributed by atoms with Crippen molar-refractivity contribution in [3.05, 3.63) is 24.8 Å². The van der Waals surface area contributed by atoms with Crippen molar-refractivity contribution in [2.75, 3.05) is 0 Å². The third kappa shape index (κ3) is 3.66. The first-order chi connectivity index (χ1) is 3.81. The van der Waals surface area contributed by atoms with Crippen LogP contribution in [0.15, 0.2) is 24.8 Å². The summed E-state index contributed by atoms with van der Waals surface area (Å²) in [7, 11) is 0. The van der Waals surface area contributed by atoms with Gasteiger partial charge >= 0.3 is 0 Å². The second kappa shape index (κ2) is 4.63. The molecular weight excluding hydrogens is 96.1 g/mol. The molecule has 0 aliphatic heterocycles. The molecule has 0 bridgehead atoms. The van der Waals surface area contributed by atoms with E-state index < -0.39 is 0 Å². The largest absolute Gasteiger partial charge is 0.103 e. The molecule has 0 spiro atoms. The molecule has 0 amide bonds. The quantitative estimate of drug-likeness (QED) is 0.490. The summed E-state index contributed by atoms with van der Waals surface area (Å²) in [4.78, 5) is 0. The highest BCUT2D eigenvalue weighted by Crippen LogP contribution is 2.01. The molecule has 46 valence electrons. The maximum Gasteiger partial charge on any atom is -0.0230 e. The SMILES string of the molecule is C=C[C@@H](C)C/C=C/C. The van der Waals surface area contributed by atoms with Gasteiger partial charge in [0, 0.05) is 0 Å². The average Bonchev–Trinajstić information content (AvgIpc) is 1.83. The van der Waals surface area contributed by atoms with Crippen molar-refractivity contribution in [1.82, 2.24) is 0 Å². The third-order valence-electron chi connectivity index (χ3n) is 1.15. The van der Waals surface area contributed by atoms with Crippen LogP contribution in [0.25, 0.3) is 0 Å². The summed E-state index contributed by atoms with van der Waals surface area (Å²) in [5.41, 5.74) is 0. The van der Waals surface area contributed by atoms with Gasteiger partial charge in [0.15, 0.2) is 0 Å². The van der Waals surface area contributed by atoms with Crippen molar-refractivity contribution in [3.8, 4) is 0 Å². The zero-order valence-electron chi connectivity index (χ0n) is 5.72. The number of allylic oxidation sites excluding steroid dienone is 3. The Morgan fingerprint density at radius 2 is 2.25 bits per heavy atom. The average molecular weight is 110 g/mol. The molecule has 0 aromatic heterocycles. The molecule has 0 unspecified atom stereocenters. The van der Waals surface area contributed by atoms with E-state index in [2.05, 4.69) is 25.7 Å². The predicted molar refractivity (Wildman–Crippen MR) is 38.8 cm³/mol. The van der Waals surface area contributed by atoms with E-state index in [1.165, 1.54) is 0 Å². The fourth-order valence-corrected chi connectivity index (χ4v) is 0.447. The lowest BCUT2D eigenvalue weighted by Crippen LogP contribution is -1.82. The van der Waals surface area contributed by atoms with Gasteiger partial charge in [0.1, 0.15) is 0 Å². The van der Waals surface area contributed by atoms with Gasteiger partial charge in [0.05, 0.1) is 0 Å². The Morgan fingerprint density at radius 3 is 2.62 bits per heavy atom. The molecule has 0 aromatic rings. The molecule has 0 N–H and O–H groups in total. The van der Waals surface area contributed by atoms with Crippen molar-refractivity contribution in [2.24, 2.45) is 5.92 Å². The van der Waals surface area contributed by atoms with Crippen molar-refractivity contribution in [2.45, 2.75) is 20.3 Å². The smallest absolute Gasteiger partial charge is 0.0230 e. The Morgan fingerprint density at radius 1 is 1.62 bits per heavy atom. The van der Waals surface area contributed by atoms with E-state index in [9.17, 15) is 0 Å². The van der Waals surface area contributed by atoms with E-state index in [0.717, 1.165) is 6.42 Å². The minimum atomic E-state index is 0.631. The van der Waals surface area contributed by atoms with Crippen LogP contribution in [0.2, 0.25) is 0 Å². The molecule has 0 aromatic carbocycles. The molecule has 0 heterocycles. The molecule has 8 heavy (non-hydrogen) atoms. The Bertz CT molecular complexity index is 80.0. The van der Waals surface area contributed by atoms with E-state index in [4.69, 9.17) is 0 Å². The lowest BCUT2D eigenvalue weighted by atomic mass is 10.1. The summed E-state index contributed by atoms with van der Waals surface area (Å²) >= 11 is 0. The molecule has 0 saturated carbocycles. The maximum atomic E-state index is 3.68. The Hall–Kier alpha value is -0.520. The van der Waals surface area contributed by atoms with Crippen LogP contribution in [0.1, 0.15) is 20.3 Å². The summed E-state index contributed by atoms with van der Waals surface area (Å²) in [6.07, 6.45) is 7.33. The molecule has 0 fully saturated rings. The van der Waals surface area contributed by atoms with Gasteiger partial charge in [0.25, 0.3) is 0 Å². The second-order valence-electron chi connectivity index (χ2n) is 2.02. The first-order valence-corrected chi connectivity index (χ1v) is 3.05.